The Labute approximate surface area is 74.9 Å². The minimum atomic E-state index is -0.373. The van der Waals surface area contributed by atoms with Crippen LogP contribution in [0.2, 0.25) is 0 Å². The van der Waals surface area contributed by atoms with E-state index in [0.29, 0.717) is 6.54 Å². The maximum atomic E-state index is 10.4. The lowest BCUT2D eigenvalue weighted by Gasteiger charge is -2.08. The zero-order chi connectivity index (χ0) is 9.98. The zero-order valence-corrected chi connectivity index (χ0v) is 8.68. The Hall–Kier alpha value is -0.770. The van der Waals surface area contributed by atoms with Crippen molar-refractivity contribution in [1.82, 2.24) is 10.2 Å². The van der Waals surface area contributed by atoms with Gasteiger partial charge in [0, 0.05) is 13.1 Å². The maximum absolute atomic E-state index is 10.4. The van der Waals surface area contributed by atoms with Gasteiger partial charge in [0.25, 0.3) is 0 Å². The van der Waals surface area contributed by atoms with E-state index in [1.54, 1.807) is 0 Å². The molecule has 0 saturated heterocycles. The van der Waals surface area contributed by atoms with E-state index in [0.717, 1.165) is 6.54 Å². The van der Waals surface area contributed by atoms with E-state index in [4.69, 9.17) is 0 Å². The molecule has 4 heteroatoms. The van der Waals surface area contributed by atoms with Crippen molar-refractivity contribution in [3.05, 3.63) is 0 Å². The summed E-state index contributed by atoms with van der Waals surface area (Å²) in [7, 11) is 5.24. The van der Waals surface area contributed by atoms with Gasteiger partial charge in [0.15, 0.2) is 0 Å². The molecule has 0 aromatic rings. The molecule has 0 fully saturated rings. The second-order valence-electron chi connectivity index (χ2n) is 2.22. The number of carbonyl (C=O) groups is 1. The number of carbonyl (C=O) groups excluding carboxylic acids is 1. The monoisotopic (exact) mass is 176 g/mol. The minimum Gasteiger partial charge on any atom is -0.453 e. The first kappa shape index (κ1) is 13.8. The molecule has 0 unspecified atom stereocenters. The molecule has 0 spiro atoms. The van der Waals surface area contributed by atoms with Crippen molar-refractivity contribution < 1.29 is 9.53 Å². The van der Waals surface area contributed by atoms with Crippen molar-refractivity contribution in [1.29, 1.82) is 0 Å². The number of hydrogen-bond donors (Lipinski definition) is 1. The summed E-state index contributed by atoms with van der Waals surface area (Å²) in [6, 6.07) is 0. The molecule has 0 saturated carbocycles. The molecule has 0 heterocycles. The zero-order valence-electron chi connectivity index (χ0n) is 8.68. The number of alkyl carbamates (subject to hydrolysis) is 1. The summed E-state index contributed by atoms with van der Waals surface area (Å²) >= 11 is 0. The lowest BCUT2D eigenvalue weighted by Crippen LogP contribution is -2.31. The number of likely N-dealkylation sites (N-methyl/N-ethyl adjacent to an activating group) is 1. The molecule has 4 nitrogen and oxygen atoms in total. The third-order valence-electron chi connectivity index (χ3n) is 1.01. The summed E-state index contributed by atoms with van der Waals surface area (Å²) in [5.41, 5.74) is 0. The minimum absolute atomic E-state index is 0.373. The van der Waals surface area contributed by atoms with Crippen molar-refractivity contribution in [2.75, 3.05) is 34.3 Å². The van der Waals surface area contributed by atoms with Crippen molar-refractivity contribution in [2.45, 2.75) is 13.8 Å². The molecular weight excluding hydrogens is 156 g/mol. The number of nitrogens with zero attached hydrogens (tertiary/aromatic N) is 1. The van der Waals surface area contributed by atoms with Gasteiger partial charge in [0.2, 0.25) is 0 Å². The summed E-state index contributed by atoms with van der Waals surface area (Å²) in [5, 5.41) is 2.56. The highest BCUT2D eigenvalue weighted by molar-refractivity contribution is 5.66. The van der Waals surface area contributed by atoms with Crippen LogP contribution in [0, 0.1) is 0 Å². The lowest BCUT2D eigenvalue weighted by atomic mass is 10.6. The predicted molar refractivity (Wildman–Crippen MR) is 50.3 cm³/mol. The molecule has 0 aromatic carbocycles. The smallest absolute Gasteiger partial charge is 0.406 e. The van der Waals surface area contributed by atoms with Crippen LogP contribution in [-0.2, 0) is 4.74 Å². The van der Waals surface area contributed by atoms with Gasteiger partial charge in [0.05, 0.1) is 7.11 Å². The lowest BCUT2D eigenvalue weighted by molar-refractivity contribution is 0.170. The quantitative estimate of drug-likeness (QED) is 0.695. The van der Waals surface area contributed by atoms with Gasteiger partial charge in [-0.05, 0) is 14.1 Å². The van der Waals surface area contributed by atoms with Gasteiger partial charge in [-0.2, -0.15) is 0 Å². The number of amides is 1. The van der Waals surface area contributed by atoms with E-state index in [1.165, 1.54) is 7.11 Å². The Kier molecular flexibility index (Phi) is 11.8. The first-order valence-corrected chi connectivity index (χ1v) is 4.13. The van der Waals surface area contributed by atoms with Crippen LogP contribution in [0.1, 0.15) is 13.8 Å². The molecule has 0 radical (unpaired) electrons. The Morgan fingerprint density at radius 2 is 1.92 bits per heavy atom. The molecule has 0 aliphatic carbocycles. The summed E-state index contributed by atoms with van der Waals surface area (Å²) < 4.78 is 4.36. The van der Waals surface area contributed by atoms with Gasteiger partial charge in [-0.25, -0.2) is 4.79 Å². The van der Waals surface area contributed by atoms with Crippen molar-refractivity contribution >= 4 is 6.09 Å². The summed E-state index contributed by atoms with van der Waals surface area (Å²) in [6.07, 6.45) is -0.373. The average Bonchev–Trinajstić information content (AvgIpc) is 2.07. The molecule has 1 N–H and O–H groups in total. The first-order chi connectivity index (χ1) is 5.66. The standard InChI is InChI=1S/C6H14N2O2.C2H6/c1-8(2)5-4-7-6(9)10-3;1-2/h4-5H2,1-3H3,(H,7,9);1-2H3. The molecule has 0 aromatic heterocycles. The van der Waals surface area contributed by atoms with E-state index < -0.39 is 0 Å². The molecule has 74 valence electrons. The normalized spacial score (nSPS) is 8.50. The number of hydrogen-bond acceptors (Lipinski definition) is 3. The Balaban J connectivity index is 0. The first-order valence-electron chi connectivity index (χ1n) is 4.13. The van der Waals surface area contributed by atoms with Crippen molar-refractivity contribution in [3.8, 4) is 0 Å². The van der Waals surface area contributed by atoms with Crippen LogP contribution in [0.3, 0.4) is 0 Å². The highest BCUT2D eigenvalue weighted by Crippen LogP contribution is 1.73. The highest BCUT2D eigenvalue weighted by Gasteiger charge is 1.95. The van der Waals surface area contributed by atoms with Crippen LogP contribution in [0.25, 0.3) is 0 Å². The van der Waals surface area contributed by atoms with Crippen molar-refractivity contribution in [2.24, 2.45) is 0 Å². The summed E-state index contributed by atoms with van der Waals surface area (Å²) in [4.78, 5) is 12.4. The second-order valence-corrected chi connectivity index (χ2v) is 2.22. The van der Waals surface area contributed by atoms with Crippen molar-refractivity contribution in [3.63, 3.8) is 0 Å². The number of methoxy groups -OCH3 is 1. The SMILES string of the molecule is CC.COC(=O)NCCN(C)C. The van der Waals surface area contributed by atoms with Crippen LogP contribution in [0.15, 0.2) is 0 Å². The van der Waals surface area contributed by atoms with Crippen LogP contribution < -0.4 is 5.32 Å². The number of ether oxygens (including phenoxy) is 1. The fraction of sp³-hybridized carbons (Fsp3) is 0.875. The molecule has 0 atom stereocenters. The summed E-state index contributed by atoms with van der Waals surface area (Å²) in [6.45, 7) is 5.45. The van der Waals surface area contributed by atoms with Crippen LogP contribution in [0.5, 0.6) is 0 Å². The Bertz CT molecular complexity index is 105. The van der Waals surface area contributed by atoms with Crippen LogP contribution in [-0.4, -0.2) is 45.3 Å². The molecule has 0 rings (SSSR count). The Morgan fingerprint density at radius 1 is 1.42 bits per heavy atom. The van der Waals surface area contributed by atoms with Gasteiger partial charge in [-0.1, -0.05) is 13.8 Å². The molecule has 12 heavy (non-hydrogen) atoms. The van der Waals surface area contributed by atoms with E-state index in [1.807, 2.05) is 32.8 Å². The molecule has 0 aliphatic heterocycles. The number of nitrogens with one attached hydrogen (secondary N) is 1. The fourth-order valence-corrected chi connectivity index (χ4v) is 0.454. The molecule has 1 amide bonds. The average molecular weight is 176 g/mol. The van der Waals surface area contributed by atoms with Gasteiger partial charge in [-0.15, -0.1) is 0 Å². The fourth-order valence-electron chi connectivity index (χ4n) is 0.454. The number of rotatable bonds is 3. The Morgan fingerprint density at radius 3 is 2.25 bits per heavy atom. The van der Waals surface area contributed by atoms with Gasteiger partial charge >= 0.3 is 6.09 Å². The molecule has 0 bridgehead atoms. The topological polar surface area (TPSA) is 41.6 Å². The van der Waals surface area contributed by atoms with E-state index in [9.17, 15) is 4.79 Å². The van der Waals surface area contributed by atoms with Gasteiger partial charge in [0.1, 0.15) is 0 Å². The van der Waals surface area contributed by atoms with Gasteiger partial charge < -0.3 is 15.0 Å². The molecule has 0 aliphatic rings. The largest absolute Gasteiger partial charge is 0.453 e. The molecular formula is C8H20N2O2. The summed E-state index contributed by atoms with van der Waals surface area (Å²) in [5.74, 6) is 0. The third-order valence-corrected chi connectivity index (χ3v) is 1.01. The second kappa shape index (κ2) is 10.2. The third kappa shape index (κ3) is 12.0. The van der Waals surface area contributed by atoms with Gasteiger partial charge in [-0.3, -0.25) is 0 Å². The van der Waals surface area contributed by atoms with E-state index >= 15 is 0 Å². The van der Waals surface area contributed by atoms with E-state index in [2.05, 4.69) is 10.1 Å². The van der Waals surface area contributed by atoms with Crippen LogP contribution >= 0.6 is 0 Å². The predicted octanol–water partition coefficient (Wildman–Crippen LogP) is 0.930. The highest BCUT2D eigenvalue weighted by atomic mass is 16.5. The van der Waals surface area contributed by atoms with E-state index in [-0.39, 0.29) is 6.09 Å². The maximum Gasteiger partial charge on any atom is 0.406 e. The van der Waals surface area contributed by atoms with Crippen LogP contribution in [0.4, 0.5) is 4.79 Å².